The van der Waals surface area contributed by atoms with Crippen LogP contribution in [-0.4, -0.2) is 24.8 Å². The Balaban J connectivity index is 2.14. The van der Waals surface area contributed by atoms with Crippen molar-refractivity contribution in [3.8, 4) is 0 Å². The topological polar surface area (TPSA) is 46.5 Å². The largest absolute Gasteiger partial charge is 0.481 e. The third-order valence-corrected chi connectivity index (χ3v) is 3.72. The summed E-state index contributed by atoms with van der Waals surface area (Å²) in [6, 6.07) is 7.94. The number of hydrogen-bond acceptors (Lipinski definition) is 2. The molecule has 0 spiro atoms. The van der Waals surface area contributed by atoms with E-state index in [0.717, 1.165) is 31.2 Å². The second kappa shape index (κ2) is 4.88. The minimum Gasteiger partial charge on any atom is -0.481 e. The first-order valence-electron chi connectivity index (χ1n) is 6.01. The lowest BCUT2D eigenvalue weighted by Gasteiger charge is -2.38. The van der Waals surface area contributed by atoms with E-state index in [-0.39, 0.29) is 0 Å². The first-order valence-corrected chi connectivity index (χ1v) is 6.01. The zero-order valence-electron chi connectivity index (χ0n) is 10.1. The number of carbonyl (C=O) groups is 1. The van der Waals surface area contributed by atoms with Crippen molar-refractivity contribution in [2.75, 3.05) is 13.7 Å². The van der Waals surface area contributed by atoms with Crippen molar-refractivity contribution in [1.82, 2.24) is 0 Å². The van der Waals surface area contributed by atoms with Gasteiger partial charge in [-0.3, -0.25) is 4.79 Å². The van der Waals surface area contributed by atoms with E-state index in [1.54, 1.807) is 7.11 Å². The van der Waals surface area contributed by atoms with Crippen molar-refractivity contribution in [1.29, 1.82) is 0 Å². The van der Waals surface area contributed by atoms with Crippen LogP contribution in [0.5, 0.6) is 0 Å². The molecule has 0 heterocycles. The van der Waals surface area contributed by atoms with Crippen LogP contribution in [0.15, 0.2) is 24.3 Å². The second-order valence-corrected chi connectivity index (χ2v) is 4.68. The first kappa shape index (κ1) is 12.1. The fourth-order valence-electron chi connectivity index (χ4n) is 2.37. The van der Waals surface area contributed by atoms with Crippen LogP contribution in [0.25, 0.3) is 0 Å². The van der Waals surface area contributed by atoms with Crippen molar-refractivity contribution < 1.29 is 14.6 Å². The van der Waals surface area contributed by atoms with Crippen LogP contribution in [0.1, 0.15) is 30.4 Å². The molecule has 1 aromatic carbocycles. The fourth-order valence-corrected chi connectivity index (χ4v) is 2.37. The highest BCUT2D eigenvalue weighted by molar-refractivity contribution is 5.82. The summed E-state index contributed by atoms with van der Waals surface area (Å²) in [5.41, 5.74) is 1.52. The summed E-state index contributed by atoms with van der Waals surface area (Å²) < 4.78 is 5.02. The van der Waals surface area contributed by atoms with Crippen LogP contribution in [0.3, 0.4) is 0 Å². The van der Waals surface area contributed by atoms with Crippen LogP contribution in [-0.2, 0) is 21.4 Å². The molecule has 0 saturated heterocycles. The Morgan fingerprint density at radius 3 is 2.41 bits per heavy atom. The van der Waals surface area contributed by atoms with Crippen molar-refractivity contribution in [2.45, 2.75) is 31.1 Å². The molecule has 0 aliphatic heterocycles. The van der Waals surface area contributed by atoms with Gasteiger partial charge in [-0.05, 0) is 30.4 Å². The number of hydrogen-bond donors (Lipinski definition) is 1. The molecule has 92 valence electrons. The van der Waals surface area contributed by atoms with E-state index in [1.807, 2.05) is 24.3 Å². The normalized spacial score (nSPS) is 17.5. The van der Waals surface area contributed by atoms with E-state index in [2.05, 4.69) is 0 Å². The average Bonchev–Trinajstić information content (AvgIpc) is 2.26. The Morgan fingerprint density at radius 2 is 2.00 bits per heavy atom. The highest BCUT2D eigenvalue weighted by atomic mass is 16.5. The summed E-state index contributed by atoms with van der Waals surface area (Å²) in [6.45, 7) is 0.698. The summed E-state index contributed by atoms with van der Waals surface area (Å²) in [6.07, 6.45) is 3.41. The Bertz CT molecular complexity index is 390. The second-order valence-electron chi connectivity index (χ2n) is 4.68. The van der Waals surface area contributed by atoms with E-state index >= 15 is 0 Å². The summed E-state index contributed by atoms with van der Waals surface area (Å²) in [4.78, 5) is 11.3. The maximum atomic E-state index is 11.3. The SMILES string of the molecule is COCCc1ccc(C2(C(=O)O)CCC2)cc1. The number of benzene rings is 1. The average molecular weight is 234 g/mol. The van der Waals surface area contributed by atoms with Gasteiger partial charge in [-0.25, -0.2) is 0 Å². The van der Waals surface area contributed by atoms with Gasteiger partial charge < -0.3 is 9.84 Å². The van der Waals surface area contributed by atoms with Gasteiger partial charge in [0.2, 0.25) is 0 Å². The fraction of sp³-hybridized carbons (Fsp3) is 0.500. The maximum absolute atomic E-state index is 11.3. The molecule has 0 unspecified atom stereocenters. The minimum absolute atomic E-state index is 0.611. The summed E-state index contributed by atoms with van der Waals surface area (Å²) in [7, 11) is 1.68. The van der Waals surface area contributed by atoms with Gasteiger partial charge in [0.25, 0.3) is 0 Å². The first-order chi connectivity index (χ1) is 8.19. The quantitative estimate of drug-likeness (QED) is 0.850. The Kier molecular flexibility index (Phi) is 3.48. The number of ether oxygens (including phenoxy) is 1. The lowest BCUT2D eigenvalue weighted by Crippen LogP contribution is -2.42. The lowest BCUT2D eigenvalue weighted by atomic mass is 9.64. The van der Waals surface area contributed by atoms with Gasteiger partial charge in [-0.15, -0.1) is 0 Å². The van der Waals surface area contributed by atoms with Gasteiger partial charge in [-0.2, -0.15) is 0 Å². The zero-order chi connectivity index (χ0) is 12.3. The maximum Gasteiger partial charge on any atom is 0.314 e. The van der Waals surface area contributed by atoms with Crippen molar-refractivity contribution in [2.24, 2.45) is 0 Å². The van der Waals surface area contributed by atoms with Crippen molar-refractivity contribution >= 4 is 5.97 Å². The van der Waals surface area contributed by atoms with Gasteiger partial charge in [0.15, 0.2) is 0 Å². The monoisotopic (exact) mass is 234 g/mol. The van der Waals surface area contributed by atoms with E-state index < -0.39 is 11.4 Å². The standard InChI is InChI=1S/C14H18O3/c1-17-10-7-11-3-5-12(6-4-11)14(13(15)16)8-2-9-14/h3-6H,2,7-10H2,1H3,(H,15,16). The third kappa shape index (κ3) is 2.20. The van der Waals surface area contributed by atoms with Crippen molar-refractivity contribution in [3.05, 3.63) is 35.4 Å². The van der Waals surface area contributed by atoms with Gasteiger partial charge in [-0.1, -0.05) is 30.7 Å². The van der Waals surface area contributed by atoms with Gasteiger partial charge in [0, 0.05) is 7.11 Å². The summed E-state index contributed by atoms with van der Waals surface area (Å²) in [5, 5.41) is 9.33. The minimum atomic E-state index is -0.687. The Labute approximate surface area is 101 Å². The van der Waals surface area contributed by atoms with Crippen LogP contribution >= 0.6 is 0 Å². The molecule has 1 aromatic rings. The molecule has 1 aliphatic carbocycles. The molecule has 17 heavy (non-hydrogen) atoms. The predicted molar refractivity (Wildman–Crippen MR) is 65.2 cm³/mol. The van der Waals surface area contributed by atoms with Gasteiger partial charge in [0.05, 0.1) is 12.0 Å². The van der Waals surface area contributed by atoms with E-state index in [0.29, 0.717) is 6.61 Å². The lowest BCUT2D eigenvalue weighted by molar-refractivity contribution is -0.147. The smallest absolute Gasteiger partial charge is 0.314 e. The molecule has 3 heteroatoms. The molecule has 1 aliphatic rings. The number of carboxylic acid groups (broad SMARTS) is 1. The van der Waals surface area contributed by atoms with E-state index in [9.17, 15) is 9.90 Å². The molecule has 3 nitrogen and oxygen atoms in total. The Morgan fingerprint density at radius 1 is 1.35 bits per heavy atom. The molecule has 1 saturated carbocycles. The highest BCUT2D eigenvalue weighted by Crippen LogP contribution is 2.43. The molecule has 0 amide bonds. The Hall–Kier alpha value is -1.35. The van der Waals surface area contributed by atoms with Crippen molar-refractivity contribution in [3.63, 3.8) is 0 Å². The molecule has 0 radical (unpaired) electrons. The van der Waals surface area contributed by atoms with E-state index in [4.69, 9.17) is 4.74 Å². The number of aliphatic carboxylic acids is 1. The van der Waals surface area contributed by atoms with Crippen LogP contribution in [0.4, 0.5) is 0 Å². The molecule has 0 bridgehead atoms. The molecule has 0 atom stereocenters. The van der Waals surface area contributed by atoms with Crippen LogP contribution < -0.4 is 0 Å². The predicted octanol–water partition coefficient (Wildman–Crippen LogP) is 2.38. The summed E-state index contributed by atoms with van der Waals surface area (Å²) in [5.74, 6) is -0.687. The number of rotatable bonds is 5. The molecule has 1 N–H and O–H groups in total. The third-order valence-electron chi connectivity index (χ3n) is 3.72. The molecule has 2 rings (SSSR count). The van der Waals surface area contributed by atoms with Gasteiger partial charge >= 0.3 is 5.97 Å². The molecule has 1 fully saturated rings. The summed E-state index contributed by atoms with van der Waals surface area (Å²) >= 11 is 0. The number of methoxy groups -OCH3 is 1. The molecular formula is C14H18O3. The van der Waals surface area contributed by atoms with Crippen LogP contribution in [0, 0.1) is 0 Å². The van der Waals surface area contributed by atoms with Gasteiger partial charge in [0.1, 0.15) is 0 Å². The highest BCUT2D eigenvalue weighted by Gasteiger charge is 2.45. The zero-order valence-corrected chi connectivity index (χ0v) is 10.1. The van der Waals surface area contributed by atoms with Crippen LogP contribution in [0.2, 0.25) is 0 Å². The van der Waals surface area contributed by atoms with E-state index in [1.165, 1.54) is 5.56 Å². The number of carboxylic acids is 1. The molecule has 0 aromatic heterocycles. The molecular weight excluding hydrogens is 216 g/mol.